The van der Waals surface area contributed by atoms with Crippen molar-refractivity contribution in [2.45, 2.75) is 38.3 Å². The van der Waals surface area contributed by atoms with Gasteiger partial charge in [-0.2, -0.15) is 5.10 Å². The number of anilines is 1. The first-order valence-electron chi connectivity index (χ1n) is 12.6. The van der Waals surface area contributed by atoms with E-state index in [1.807, 2.05) is 25.3 Å². The number of ether oxygens (including phenoxy) is 2. The van der Waals surface area contributed by atoms with Crippen molar-refractivity contribution in [3.8, 4) is 16.9 Å². The second-order valence-corrected chi connectivity index (χ2v) is 9.64. The van der Waals surface area contributed by atoms with Crippen LogP contribution in [0.3, 0.4) is 0 Å². The van der Waals surface area contributed by atoms with Crippen molar-refractivity contribution in [2.24, 2.45) is 0 Å². The number of pyridine rings is 1. The zero-order valence-electron chi connectivity index (χ0n) is 21.7. The Hall–Kier alpha value is -4.15. The zero-order valence-corrected chi connectivity index (χ0v) is 21.7. The van der Waals surface area contributed by atoms with Gasteiger partial charge in [-0.1, -0.05) is 6.92 Å². The van der Waals surface area contributed by atoms with Gasteiger partial charge in [-0.25, -0.2) is 19.0 Å². The molecule has 3 aromatic rings. The van der Waals surface area contributed by atoms with Crippen molar-refractivity contribution in [2.75, 3.05) is 38.8 Å². The first kappa shape index (κ1) is 25.5. The van der Waals surface area contributed by atoms with E-state index in [0.717, 1.165) is 16.8 Å². The summed E-state index contributed by atoms with van der Waals surface area (Å²) in [6.07, 6.45) is 4.98. The van der Waals surface area contributed by atoms with Gasteiger partial charge in [0.15, 0.2) is 0 Å². The molecule has 1 spiro atoms. The number of likely N-dealkylation sites (tertiary alicyclic amines) is 1. The summed E-state index contributed by atoms with van der Waals surface area (Å²) in [4.78, 5) is 36.1. The van der Waals surface area contributed by atoms with Gasteiger partial charge in [0.1, 0.15) is 17.4 Å². The third-order valence-electron chi connectivity index (χ3n) is 7.50. The second kappa shape index (κ2) is 10.3. The molecule has 0 aliphatic carbocycles. The summed E-state index contributed by atoms with van der Waals surface area (Å²) in [6.45, 7) is 3.53. The maximum Gasteiger partial charge on any atom is 0.409 e. The summed E-state index contributed by atoms with van der Waals surface area (Å²) in [5.41, 5.74) is 2.82. The van der Waals surface area contributed by atoms with Crippen molar-refractivity contribution in [1.82, 2.24) is 25.0 Å². The Kier molecular flexibility index (Phi) is 6.92. The van der Waals surface area contributed by atoms with E-state index >= 15 is 0 Å². The highest BCUT2D eigenvalue weighted by molar-refractivity contribution is 5.95. The lowest BCUT2D eigenvalue weighted by Gasteiger charge is -2.43. The SMILES string of the molecule is CCc1nc(N2CC3(CCN(C(=O)OC)CC3)N(Cc3cc(F)cc(OC)c3)C2=O)ccc1-c1cn[nH]c1. The first-order valence-corrected chi connectivity index (χ1v) is 12.6. The summed E-state index contributed by atoms with van der Waals surface area (Å²) in [5.74, 6) is 0.525. The number of piperidine rings is 1. The number of nitrogens with zero attached hydrogens (tertiary/aromatic N) is 5. The number of amides is 3. The highest BCUT2D eigenvalue weighted by Gasteiger charge is 2.52. The zero-order chi connectivity index (χ0) is 26.9. The van der Waals surface area contributed by atoms with Crippen molar-refractivity contribution in [3.63, 3.8) is 0 Å². The molecule has 38 heavy (non-hydrogen) atoms. The minimum Gasteiger partial charge on any atom is -0.497 e. The van der Waals surface area contributed by atoms with E-state index in [-0.39, 0.29) is 18.7 Å². The molecule has 2 aliphatic rings. The molecule has 11 heteroatoms. The average molecular weight is 523 g/mol. The molecule has 2 aromatic heterocycles. The van der Waals surface area contributed by atoms with Gasteiger partial charge in [-0.3, -0.25) is 10.00 Å². The van der Waals surface area contributed by atoms with Crippen molar-refractivity contribution in [3.05, 3.63) is 59.8 Å². The van der Waals surface area contributed by atoms with Gasteiger partial charge < -0.3 is 19.3 Å². The molecule has 200 valence electrons. The van der Waals surface area contributed by atoms with E-state index in [0.29, 0.717) is 56.0 Å². The van der Waals surface area contributed by atoms with Crippen molar-refractivity contribution in [1.29, 1.82) is 0 Å². The topological polar surface area (TPSA) is 104 Å². The Labute approximate surface area is 220 Å². The Bertz CT molecular complexity index is 1320. The maximum atomic E-state index is 14.3. The van der Waals surface area contributed by atoms with Gasteiger partial charge in [0.05, 0.1) is 38.2 Å². The minimum atomic E-state index is -0.557. The standard InChI is InChI=1S/C27H31FN6O4/c1-4-23-22(19-14-29-30-15-19)5-6-24(31-23)33-17-27(7-9-32(10-8-27)26(36)38-3)34(25(33)35)16-18-11-20(28)13-21(12-18)37-2/h5-6,11-15H,4,7-10,16-17H2,1-3H3,(H,29,30). The van der Waals surface area contributed by atoms with Gasteiger partial charge in [-0.05, 0) is 49.1 Å². The quantitative estimate of drug-likeness (QED) is 0.520. The van der Waals surface area contributed by atoms with E-state index in [9.17, 15) is 14.0 Å². The van der Waals surface area contributed by atoms with Crippen LogP contribution < -0.4 is 9.64 Å². The van der Waals surface area contributed by atoms with Gasteiger partial charge in [-0.15, -0.1) is 0 Å². The van der Waals surface area contributed by atoms with Gasteiger partial charge in [0, 0.05) is 43.0 Å². The van der Waals surface area contributed by atoms with Crippen LogP contribution in [0.25, 0.3) is 11.1 Å². The molecule has 2 aliphatic heterocycles. The lowest BCUT2D eigenvalue weighted by atomic mass is 9.86. The van der Waals surface area contributed by atoms with Crippen LogP contribution >= 0.6 is 0 Å². The molecule has 4 heterocycles. The molecule has 2 saturated heterocycles. The molecule has 5 rings (SSSR count). The lowest BCUT2D eigenvalue weighted by Crippen LogP contribution is -2.55. The fraction of sp³-hybridized carbons (Fsp3) is 0.407. The number of benzene rings is 1. The molecule has 0 saturated carbocycles. The average Bonchev–Trinajstić information content (AvgIpc) is 3.56. The summed E-state index contributed by atoms with van der Waals surface area (Å²) in [6, 6.07) is 8.08. The first-order chi connectivity index (χ1) is 18.4. The molecule has 0 radical (unpaired) electrons. The monoisotopic (exact) mass is 522 g/mol. The van der Waals surface area contributed by atoms with Crippen LogP contribution in [-0.4, -0.2) is 76.5 Å². The van der Waals surface area contributed by atoms with Crippen LogP contribution in [0, 0.1) is 5.82 Å². The smallest absolute Gasteiger partial charge is 0.409 e. The number of aryl methyl sites for hydroxylation is 1. The van der Waals surface area contributed by atoms with Crippen LogP contribution in [-0.2, 0) is 17.7 Å². The van der Waals surface area contributed by atoms with Crippen LogP contribution in [0.5, 0.6) is 5.75 Å². The van der Waals surface area contributed by atoms with E-state index in [2.05, 4.69) is 10.2 Å². The Morgan fingerprint density at radius 1 is 1.18 bits per heavy atom. The number of carbonyl (C=O) groups is 2. The van der Waals surface area contributed by atoms with Crippen molar-refractivity contribution < 1.29 is 23.5 Å². The molecule has 1 aromatic carbocycles. The number of aromatic nitrogens is 3. The molecule has 1 N–H and O–H groups in total. The summed E-state index contributed by atoms with van der Waals surface area (Å²) < 4.78 is 24.5. The van der Waals surface area contributed by atoms with Crippen LogP contribution in [0.15, 0.2) is 42.7 Å². The molecule has 0 atom stereocenters. The van der Waals surface area contributed by atoms with E-state index in [1.165, 1.54) is 26.4 Å². The Morgan fingerprint density at radius 3 is 2.63 bits per heavy atom. The number of methoxy groups -OCH3 is 2. The highest BCUT2D eigenvalue weighted by atomic mass is 19.1. The fourth-order valence-electron chi connectivity index (χ4n) is 5.46. The van der Waals surface area contributed by atoms with Gasteiger partial charge in [0.2, 0.25) is 0 Å². The Morgan fingerprint density at radius 2 is 1.97 bits per heavy atom. The fourth-order valence-corrected chi connectivity index (χ4v) is 5.46. The number of hydrogen-bond donors (Lipinski definition) is 1. The number of nitrogens with one attached hydrogen (secondary N) is 1. The van der Waals surface area contributed by atoms with Crippen LogP contribution in [0.2, 0.25) is 0 Å². The molecule has 10 nitrogen and oxygen atoms in total. The third kappa shape index (κ3) is 4.64. The molecule has 0 bridgehead atoms. The van der Waals surface area contributed by atoms with E-state index < -0.39 is 11.4 Å². The van der Waals surface area contributed by atoms with E-state index in [4.69, 9.17) is 14.5 Å². The number of hydrogen-bond acceptors (Lipinski definition) is 6. The summed E-state index contributed by atoms with van der Waals surface area (Å²) in [5, 5.41) is 6.87. The summed E-state index contributed by atoms with van der Waals surface area (Å²) >= 11 is 0. The van der Waals surface area contributed by atoms with Crippen LogP contribution in [0.4, 0.5) is 19.8 Å². The highest BCUT2D eigenvalue weighted by Crippen LogP contribution is 2.40. The van der Waals surface area contributed by atoms with Gasteiger partial charge >= 0.3 is 12.1 Å². The largest absolute Gasteiger partial charge is 0.497 e. The third-order valence-corrected chi connectivity index (χ3v) is 7.50. The molecule has 0 unspecified atom stereocenters. The minimum absolute atomic E-state index is 0.203. The number of urea groups is 1. The summed E-state index contributed by atoms with van der Waals surface area (Å²) in [7, 11) is 2.84. The molecular formula is C27H31FN6O4. The molecular weight excluding hydrogens is 491 g/mol. The predicted octanol–water partition coefficient (Wildman–Crippen LogP) is 4.23. The lowest BCUT2D eigenvalue weighted by molar-refractivity contribution is 0.0615. The van der Waals surface area contributed by atoms with Crippen LogP contribution in [0.1, 0.15) is 31.0 Å². The number of halogens is 1. The van der Waals surface area contributed by atoms with Gasteiger partial charge in [0.25, 0.3) is 0 Å². The normalized spacial score (nSPS) is 16.8. The number of rotatable bonds is 6. The number of H-pyrrole nitrogens is 1. The maximum absolute atomic E-state index is 14.3. The van der Waals surface area contributed by atoms with Crippen molar-refractivity contribution >= 4 is 17.9 Å². The van der Waals surface area contributed by atoms with E-state index in [1.54, 1.807) is 27.0 Å². The second-order valence-electron chi connectivity index (χ2n) is 9.64. The predicted molar refractivity (Wildman–Crippen MR) is 138 cm³/mol. The molecule has 2 fully saturated rings. The number of aromatic amines is 1. The number of carbonyl (C=O) groups excluding carboxylic acids is 2. The molecule has 3 amide bonds. The Balaban J connectivity index is 1.49.